The molecule has 0 aliphatic carbocycles. The molecule has 2 N–H and O–H groups in total. The second-order valence-electron chi connectivity index (χ2n) is 5.57. The smallest absolute Gasteiger partial charge is 0.0545 e. The van der Waals surface area contributed by atoms with Gasteiger partial charge in [0.05, 0.1) is 17.6 Å². The molecule has 0 unspecified atom stereocenters. The molecule has 2 heterocycles. The summed E-state index contributed by atoms with van der Waals surface area (Å²) in [5, 5.41) is 0. The molecule has 0 bridgehead atoms. The van der Waals surface area contributed by atoms with Crippen molar-refractivity contribution in [1.29, 1.82) is 0 Å². The van der Waals surface area contributed by atoms with Crippen LogP contribution >= 0.6 is 0 Å². The third kappa shape index (κ3) is 3.02. The molecule has 3 heteroatoms. The molecule has 0 radical (unpaired) electrons. The molecule has 2 rings (SSSR count). The Morgan fingerprint density at radius 3 is 2.39 bits per heavy atom. The van der Waals surface area contributed by atoms with E-state index in [1.54, 1.807) is 6.20 Å². The number of anilines is 1. The number of aromatic nitrogens is 1. The van der Waals surface area contributed by atoms with Crippen LogP contribution in [0, 0.1) is 5.41 Å². The van der Waals surface area contributed by atoms with Crippen LogP contribution in [0.25, 0.3) is 0 Å². The van der Waals surface area contributed by atoms with Crippen LogP contribution in [0.3, 0.4) is 0 Å². The second-order valence-corrected chi connectivity index (χ2v) is 5.57. The summed E-state index contributed by atoms with van der Waals surface area (Å²) in [6, 6.07) is 3.98. The number of piperidine rings is 1. The fourth-order valence-corrected chi connectivity index (χ4v) is 2.90. The largest absolute Gasteiger partial charge is 0.397 e. The number of rotatable bonds is 4. The van der Waals surface area contributed by atoms with Crippen LogP contribution in [0.4, 0.5) is 5.69 Å². The summed E-state index contributed by atoms with van der Waals surface area (Å²) < 4.78 is 0. The van der Waals surface area contributed by atoms with Crippen LogP contribution < -0.4 is 5.73 Å². The topological polar surface area (TPSA) is 42.1 Å². The van der Waals surface area contributed by atoms with Gasteiger partial charge in [-0.15, -0.1) is 0 Å². The molecule has 1 saturated heterocycles. The lowest BCUT2D eigenvalue weighted by Gasteiger charge is -2.40. The molecule has 100 valence electrons. The quantitative estimate of drug-likeness (QED) is 0.889. The van der Waals surface area contributed by atoms with E-state index in [4.69, 9.17) is 5.73 Å². The lowest BCUT2D eigenvalue weighted by Crippen LogP contribution is -2.39. The van der Waals surface area contributed by atoms with Crippen molar-refractivity contribution in [3.63, 3.8) is 0 Å². The van der Waals surface area contributed by atoms with Gasteiger partial charge in [-0.2, -0.15) is 0 Å². The van der Waals surface area contributed by atoms with Gasteiger partial charge in [0.25, 0.3) is 0 Å². The second kappa shape index (κ2) is 5.70. The normalized spacial score (nSPS) is 19.9. The maximum atomic E-state index is 5.66. The van der Waals surface area contributed by atoms with E-state index in [9.17, 15) is 0 Å². The first-order chi connectivity index (χ1) is 8.67. The number of nitrogens with zero attached hydrogens (tertiary/aromatic N) is 2. The Morgan fingerprint density at radius 2 is 1.89 bits per heavy atom. The van der Waals surface area contributed by atoms with Crippen molar-refractivity contribution in [2.45, 2.75) is 46.1 Å². The highest BCUT2D eigenvalue weighted by Gasteiger charge is 2.31. The van der Waals surface area contributed by atoms with E-state index in [1.807, 2.05) is 12.1 Å². The summed E-state index contributed by atoms with van der Waals surface area (Å²) in [6.07, 6.45) is 7.04. The summed E-state index contributed by atoms with van der Waals surface area (Å²) in [5.74, 6) is 0. The fourth-order valence-electron chi connectivity index (χ4n) is 2.90. The van der Waals surface area contributed by atoms with Gasteiger partial charge < -0.3 is 5.73 Å². The van der Waals surface area contributed by atoms with E-state index in [0.29, 0.717) is 5.41 Å². The Labute approximate surface area is 110 Å². The molecule has 0 spiro atoms. The maximum absolute atomic E-state index is 5.66. The van der Waals surface area contributed by atoms with Crippen LogP contribution in [0.2, 0.25) is 0 Å². The van der Waals surface area contributed by atoms with Gasteiger partial charge in [-0.3, -0.25) is 9.88 Å². The first-order valence-electron chi connectivity index (χ1n) is 7.10. The minimum absolute atomic E-state index is 0.602. The van der Waals surface area contributed by atoms with Crippen LogP contribution in [0.1, 0.15) is 45.2 Å². The Morgan fingerprint density at radius 1 is 1.22 bits per heavy atom. The van der Waals surface area contributed by atoms with Gasteiger partial charge in [-0.05, 0) is 43.5 Å². The average Bonchev–Trinajstić information content (AvgIpc) is 2.43. The lowest BCUT2D eigenvalue weighted by atomic mass is 9.74. The highest BCUT2D eigenvalue weighted by molar-refractivity contribution is 5.34. The third-order valence-corrected chi connectivity index (χ3v) is 4.65. The number of pyridine rings is 1. The molecular weight excluding hydrogens is 222 g/mol. The van der Waals surface area contributed by atoms with Crippen molar-refractivity contribution in [2.75, 3.05) is 18.8 Å². The van der Waals surface area contributed by atoms with E-state index in [-0.39, 0.29) is 0 Å². The maximum Gasteiger partial charge on any atom is 0.0545 e. The molecule has 0 aromatic carbocycles. The first kappa shape index (κ1) is 13.3. The predicted molar refractivity (Wildman–Crippen MR) is 76.2 cm³/mol. The SMILES string of the molecule is CCC1(CC)CCN(Cc2ccc(N)cn2)CC1. The molecule has 0 saturated carbocycles. The molecule has 1 fully saturated rings. The highest BCUT2D eigenvalue weighted by atomic mass is 15.1. The number of hydrogen-bond donors (Lipinski definition) is 1. The Balaban J connectivity index is 1.88. The molecule has 18 heavy (non-hydrogen) atoms. The van der Waals surface area contributed by atoms with E-state index in [2.05, 4.69) is 23.7 Å². The third-order valence-electron chi connectivity index (χ3n) is 4.65. The van der Waals surface area contributed by atoms with Gasteiger partial charge in [0.1, 0.15) is 0 Å². The van der Waals surface area contributed by atoms with E-state index >= 15 is 0 Å². The van der Waals surface area contributed by atoms with E-state index < -0.39 is 0 Å². The van der Waals surface area contributed by atoms with Crippen molar-refractivity contribution in [3.8, 4) is 0 Å². The average molecular weight is 247 g/mol. The van der Waals surface area contributed by atoms with Gasteiger partial charge in [-0.1, -0.05) is 26.7 Å². The fraction of sp³-hybridized carbons (Fsp3) is 0.667. The standard InChI is InChI=1S/C15H25N3/c1-3-15(4-2)7-9-18(10-8-15)12-14-6-5-13(16)11-17-14/h5-6,11H,3-4,7-10,12,16H2,1-2H3. The number of hydrogen-bond acceptors (Lipinski definition) is 3. The van der Waals surface area contributed by atoms with Crippen molar-refractivity contribution >= 4 is 5.69 Å². The summed E-state index contributed by atoms with van der Waals surface area (Å²) >= 11 is 0. The first-order valence-corrected chi connectivity index (χ1v) is 7.10. The van der Waals surface area contributed by atoms with Gasteiger partial charge in [-0.25, -0.2) is 0 Å². The van der Waals surface area contributed by atoms with Crippen molar-refractivity contribution in [1.82, 2.24) is 9.88 Å². The van der Waals surface area contributed by atoms with Gasteiger partial charge >= 0.3 is 0 Å². The Bertz CT molecular complexity index is 358. The molecular formula is C15H25N3. The molecule has 1 aliphatic rings. The molecule has 1 aromatic heterocycles. The van der Waals surface area contributed by atoms with Crippen molar-refractivity contribution < 1.29 is 0 Å². The van der Waals surface area contributed by atoms with Crippen LogP contribution in [-0.2, 0) is 6.54 Å². The molecule has 1 aromatic rings. The van der Waals surface area contributed by atoms with Gasteiger partial charge in [0.2, 0.25) is 0 Å². The van der Waals surface area contributed by atoms with Crippen molar-refractivity contribution in [3.05, 3.63) is 24.0 Å². The summed E-state index contributed by atoms with van der Waals surface area (Å²) in [5.41, 5.74) is 8.13. The van der Waals surface area contributed by atoms with E-state index in [1.165, 1.54) is 38.8 Å². The number of likely N-dealkylation sites (tertiary alicyclic amines) is 1. The van der Waals surface area contributed by atoms with Crippen LogP contribution in [0.5, 0.6) is 0 Å². The molecule has 0 amide bonds. The van der Waals surface area contributed by atoms with Crippen LogP contribution in [-0.4, -0.2) is 23.0 Å². The summed E-state index contributed by atoms with van der Waals surface area (Å²) in [7, 11) is 0. The minimum atomic E-state index is 0.602. The zero-order valence-corrected chi connectivity index (χ0v) is 11.7. The number of nitrogen functional groups attached to an aromatic ring is 1. The van der Waals surface area contributed by atoms with E-state index in [0.717, 1.165) is 17.9 Å². The monoisotopic (exact) mass is 247 g/mol. The Kier molecular flexibility index (Phi) is 4.23. The van der Waals surface area contributed by atoms with Gasteiger partial charge in [0.15, 0.2) is 0 Å². The predicted octanol–water partition coefficient (Wildman–Crippen LogP) is 3.07. The molecule has 3 nitrogen and oxygen atoms in total. The van der Waals surface area contributed by atoms with Crippen molar-refractivity contribution in [2.24, 2.45) is 5.41 Å². The summed E-state index contributed by atoms with van der Waals surface area (Å²) in [6.45, 7) is 8.03. The minimum Gasteiger partial charge on any atom is -0.397 e. The van der Waals surface area contributed by atoms with Crippen LogP contribution in [0.15, 0.2) is 18.3 Å². The molecule has 1 aliphatic heterocycles. The lowest BCUT2D eigenvalue weighted by molar-refractivity contribution is 0.0901. The number of nitrogens with two attached hydrogens (primary N) is 1. The Hall–Kier alpha value is -1.09. The highest BCUT2D eigenvalue weighted by Crippen LogP contribution is 2.38. The zero-order chi connectivity index (χ0) is 13.0. The zero-order valence-electron chi connectivity index (χ0n) is 11.7. The van der Waals surface area contributed by atoms with Gasteiger partial charge in [0, 0.05) is 6.54 Å². The summed E-state index contributed by atoms with van der Waals surface area (Å²) in [4.78, 5) is 6.90. The molecule has 0 atom stereocenters.